The Morgan fingerprint density at radius 1 is 0.783 bits per heavy atom. The molecule has 1 aliphatic heterocycles. The van der Waals surface area contributed by atoms with E-state index in [1.807, 2.05) is 0 Å². The van der Waals surface area contributed by atoms with Gasteiger partial charge in [-0.1, -0.05) is 40.5 Å². The topological polar surface area (TPSA) is 271 Å². The van der Waals surface area contributed by atoms with Crippen LogP contribution in [0.4, 0.5) is 0 Å². The second-order valence-electron chi connectivity index (χ2n) is 11.1. The lowest BCUT2D eigenvalue weighted by atomic mass is 9.98. The summed E-state index contributed by atoms with van der Waals surface area (Å²) in [6, 6.07) is -3.65. The molecule has 0 bridgehead atoms. The van der Waals surface area contributed by atoms with E-state index in [-0.39, 0.29) is 11.8 Å². The van der Waals surface area contributed by atoms with E-state index >= 15 is 0 Å². The van der Waals surface area contributed by atoms with E-state index in [0.717, 1.165) is 7.11 Å². The SMILES string of the molecule is CC[C@H](C)[C@H](NC(C)=O)C(=O)N[C@@H](CO[C@@H]1O[C@H](CO)[C@H](O)[C@H](O)[C@H]1O)C(=O)NCC(=O)N[C@H](C(=O)NCC(=O)OC)[C@@H](C)CC. The van der Waals surface area contributed by atoms with Crippen molar-refractivity contribution in [1.29, 1.82) is 0 Å². The molecule has 46 heavy (non-hydrogen) atoms. The van der Waals surface area contributed by atoms with Crippen molar-refractivity contribution in [2.45, 2.75) is 96.3 Å². The van der Waals surface area contributed by atoms with Crippen LogP contribution in [0.1, 0.15) is 47.5 Å². The van der Waals surface area contributed by atoms with E-state index in [0.29, 0.717) is 12.8 Å². The Bertz CT molecular complexity index is 1050. The number of amides is 5. The Labute approximate surface area is 267 Å². The zero-order chi connectivity index (χ0) is 35.1. The Balaban J connectivity index is 3.09. The average molecular weight is 664 g/mol. The molecule has 0 aromatic heterocycles. The average Bonchev–Trinajstić information content (AvgIpc) is 3.04. The fourth-order valence-electron chi connectivity index (χ4n) is 4.32. The summed E-state index contributed by atoms with van der Waals surface area (Å²) in [5, 5.41) is 52.0. The van der Waals surface area contributed by atoms with Gasteiger partial charge in [0, 0.05) is 6.92 Å². The molecule has 0 aliphatic carbocycles. The number of aliphatic hydroxyl groups excluding tert-OH is 4. The lowest BCUT2D eigenvalue weighted by Gasteiger charge is -2.40. The van der Waals surface area contributed by atoms with Crippen LogP contribution < -0.4 is 26.6 Å². The molecule has 10 atom stereocenters. The highest BCUT2D eigenvalue weighted by Crippen LogP contribution is 2.22. The van der Waals surface area contributed by atoms with Gasteiger partial charge < -0.3 is 61.2 Å². The number of nitrogens with one attached hydrogen (secondary N) is 5. The number of rotatable bonds is 18. The van der Waals surface area contributed by atoms with Gasteiger partial charge in [-0.25, -0.2) is 0 Å². The Kier molecular flexibility index (Phi) is 17.6. The molecule has 264 valence electrons. The van der Waals surface area contributed by atoms with Crippen LogP contribution in [-0.4, -0.2) is 138 Å². The first-order valence-electron chi connectivity index (χ1n) is 15.0. The van der Waals surface area contributed by atoms with Gasteiger partial charge in [-0.05, 0) is 11.8 Å². The first-order chi connectivity index (χ1) is 21.6. The van der Waals surface area contributed by atoms with Crippen LogP contribution >= 0.6 is 0 Å². The number of carbonyl (C=O) groups is 6. The number of esters is 1. The number of ether oxygens (including phenoxy) is 3. The summed E-state index contributed by atoms with van der Waals surface area (Å²) in [5.41, 5.74) is 0. The maximum atomic E-state index is 13.2. The first-order valence-corrected chi connectivity index (χ1v) is 15.0. The molecule has 0 radical (unpaired) electrons. The van der Waals surface area contributed by atoms with E-state index in [1.54, 1.807) is 27.7 Å². The number of hydrogen-bond acceptors (Lipinski definition) is 13. The van der Waals surface area contributed by atoms with Crippen LogP contribution in [0.15, 0.2) is 0 Å². The molecular formula is C28H49N5O13. The van der Waals surface area contributed by atoms with Gasteiger partial charge in [0.05, 0.1) is 26.9 Å². The van der Waals surface area contributed by atoms with Crippen molar-refractivity contribution in [1.82, 2.24) is 26.6 Å². The molecule has 0 saturated carbocycles. The zero-order valence-corrected chi connectivity index (χ0v) is 27.0. The van der Waals surface area contributed by atoms with Crippen LogP contribution in [0, 0.1) is 11.8 Å². The molecule has 1 rings (SSSR count). The van der Waals surface area contributed by atoms with Crippen molar-refractivity contribution in [3.05, 3.63) is 0 Å². The van der Waals surface area contributed by atoms with Crippen LogP contribution in [-0.2, 0) is 43.0 Å². The number of methoxy groups -OCH3 is 1. The third-order valence-electron chi connectivity index (χ3n) is 7.63. The van der Waals surface area contributed by atoms with Crippen molar-refractivity contribution in [2.75, 3.05) is 33.4 Å². The second kappa shape index (κ2) is 20.0. The van der Waals surface area contributed by atoms with E-state index in [9.17, 15) is 49.2 Å². The lowest BCUT2D eigenvalue weighted by Crippen LogP contribution is -2.61. The van der Waals surface area contributed by atoms with Crippen LogP contribution in [0.25, 0.3) is 0 Å². The highest BCUT2D eigenvalue weighted by Gasteiger charge is 2.44. The normalized spacial score (nSPS) is 24.3. The summed E-state index contributed by atoms with van der Waals surface area (Å²) in [4.78, 5) is 75.0. The Morgan fingerprint density at radius 3 is 1.87 bits per heavy atom. The van der Waals surface area contributed by atoms with Crippen LogP contribution in [0.3, 0.4) is 0 Å². The van der Waals surface area contributed by atoms with Gasteiger partial charge in [-0.3, -0.25) is 28.8 Å². The van der Waals surface area contributed by atoms with Crippen molar-refractivity contribution >= 4 is 35.5 Å². The fourth-order valence-corrected chi connectivity index (χ4v) is 4.32. The number of aliphatic hydroxyl groups is 4. The highest BCUT2D eigenvalue weighted by atomic mass is 16.7. The third-order valence-corrected chi connectivity index (χ3v) is 7.63. The summed E-state index contributed by atoms with van der Waals surface area (Å²) in [5.74, 6) is -5.02. The van der Waals surface area contributed by atoms with Crippen molar-refractivity contribution in [3.8, 4) is 0 Å². The van der Waals surface area contributed by atoms with Gasteiger partial charge in [-0.15, -0.1) is 0 Å². The molecule has 1 fully saturated rings. The van der Waals surface area contributed by atoms with Gasteiger partial charge in [0.1, 0.15) is 49.1 Å². The maximum Gasteiger partial charge on any atom is 0.325 e. The summed E-state index contributed by atoms with van der Waals surface area (Å²) >= 11 is 0. The fraction of sp³-hybridized carbons (Fsp3) is 0.786. The molecule has 0 aromatic rings. The highest BCUT2D eigenvalue weighted by molar-refractivity contribution is 5.94. The molecule has 5 amide bonds. The van der Waals surface area contributed by atoms with Crippen molar-refractivity contribution in [2.24, 2.45) is 11.8 Å². The first kappa shape index (κ1) is 40.6. The number of hydrogen-bond donors (Lipinski definition) is 9. The predicted molar refractivity (Wildman–Crippen MR) is 158 cm³/mol. The van der Waals surface area contributed by atoms with Gasteiger partial charge in [0.25, 0.3) is 0 Å². The molecule has 9 N–H and O–H groups in total. The minimum absolute atomic E-state index is 0.354. The molecular weight excluding hydrogens is 614 g/mol. The van der Waals surface area contributed by atoms with E-state index in [2.05, 4.69) is 31.3 Å². The maximum absolute atomic E-state index is 13.2. The van der Waals surface area contributed by atoms with Gasteiger partial charge in [0.15, 0.2) is 6.29 Å². The zero-order valence-electron chi connectivity index (χ0n) is 27.0. The van der Waals surface area contributed by atoms with Crippen LogP contribution in [0.2, 0.25) is 0 Å². The van der Waals surface area contributed by atoms with E-state index < -0.39 is 111 Å². The predicted octanol–water partition coefficient (Wildman–Crippen LogP) is -4.23. The molecule has 18 heteroatoms. The molecule has 1 saturated heterocycles. The lowest BCUT2D eigenvalue weighted by molar-refractivity contribution is -0.301. The molecule has 1 heterocycles. The molecule has 0 aromatic carbocycles. The number of carbonyl (C=O) groups excluding carboxylic acids is 6. The third kappa shape index (κ3) is 12.4. The molecule has 1 aliphatic rings. The largest absolute Gasteiger partial charge is 0.468 e. The van der Waals surface area contributed by atoms with Crippen molar-refractivity contribution in [3.63, 3.8) is 0 Å². The monoisotopic (exact) mass is 663 g/mol. The van der Waals surface area contributed by atoms with Crippen LogP contribution in [0.5, 0.6) is 0 Å². The summed E-state index contributed by atoms with van der Waals surface area (Å²) in [7, 11) is 1.15. The summed E-state index contributed by atoms with van der Waals surface area (Å²) in [6.07, 6.45) is -7.18. The van der Waals surface area contributed by atoms with Gasteiger partial charge in [0.2, 0.25) is 29.5 Å². The summed E-state index contributed by atoms with van der Waals surface area (Å²) < 4.78 is 15.3. The van der Waals surface area contributed by atoms with E-state index in [4.69, 9.17) is 9.47 Å². The minimum Gasteiger partial charge on any atom is -0.468 e. The second-order valence-corrected chi connectivity index (χ2v) is 11.1. The molecule has 0 unspecified atom stereocenters. The minimum atomic E-state index is -1.79. The smallest absolute Gasteiger partial charge is 0.325 e. The molecule has 18 nitrogen and oxygen atoms in total. The quantitative estimate of drug-likeness (QED) is 0.0630. The van der Waals surface area contributed by atoms with Crippen molar-refractivity contribution < 1.29 is 63.4 Å². The molecule has 0 spiro atoms. The summed E-state index contributed by atoms with van der Waals surface area (Å²) in [6.45, 7) is 5.73. The standard InChI is InChI=1S/C28H49N5O13/c1-7-13(3)20(26(42)30-10-19(37)44-6)33-18(36)9-29-25(41)16(32-27(43)21(14(4)8-2)31-15(5)35)12-45-28-24(40)23(39)22(38)17(11-34)46-28/h13-14,16-17,20-24,28,34,38-40H,7-12H2,1-6H3,(H,29,41)(H,30,42)(H,31,35)(H,32,43)(H,33,36)/t13-,14-,16-,17+,20-,21-,22-,23-,24+,28+/m0/s1. The van der Waals surface area contributed by atoms with Gasteiger partial charge >= 0.3 is 5.97 Å². The van der Waals surface area contributed by atoms with Gasteiger partial charge in [-0.2, -0.15) is 0 Å². The Morgan fingerprint density at radius 2 is 1.35 bits per heavy atom. The Hall–Kier alpha value is -3.42. The van der Waals surface area contributed by atoms with E-state index in [1.165, 1.54) is 6.92 Å².